The lowest BCUT2D eigenvalue weighted by atomic mass is 10.4. The highest BCUT2D eigenvalue weighted by Gasteiger charge is 2.23. The van der Waals surface area contributed by atoms with Gasteiger partial charge in [0.05, 0.1) is 11.0 Å². The highest BCUT2D eigenvalue weighted by molar-refractivity contribution is 7.89. The molecular weight excluding hydrogens is 295 g/mol. The van der Waals surface area contributed by atoms with E-state index in [9.17, 15) is 8.42 Å². The first-order valence-electron chi connectivity index (χ1n) is 5.25. The second-order valence-electron chi connectivity index (χ2n) is 3.51. The van der Waals surface area contributed by atoms with Crippen LogP contribution >= 0.6 is 23.2 Å². The van der Waals surface area contributed by atoms with Crippen molar-refractivity contribution in [2.75, 3.05) is 13.1 Å². The summed E-state index contributed by atoms with van der Waals surface area (Å²) in [5, 5.41) is 9.04. The van der Waals surface area contributed by atoms with E-state index < -0.39 is 10.0 Å². The van der Waals surface area contributed by atoms with Crippen LogP contribution in [0, 0.1) is 11.3 Å². The summed E-state index contributed by atoms with van der Waals surface area (Å²) < 4.78 is 25.8. The van der Waals surface area contributed by atoms with Gasteiger partial charge in [0.2, 0.25) is 10.0 Å². The zero-order chi connectivity index (χ0) is 13.8. The van der Waals surface area contributed by atoms with Crippen molar-refractivity contribution in [1.82, 2.24) is 4.31 Å². The molecule has 0 radical (unpaired) electrons. The van der Waals surface area contributed by atoms with Gasteiger partial charge in [0.15, 0.2) is 0 Å². The van der Waals surface area contributed by atoms with E-state index >= 15 is 0 Å². The fourth-order valence-corrected chi connectivity index (χ4v) is 3.63. The second kappa shape index (κ2) is 6.39. The van der Waals surface area contributed by atoms with E-state index in [1.54, 1.807) is 6.92 Å². The normalized spacial score (nSPS) is 11.5. The molecule has 1 aromatic rings. The maximum atomic E-state index is 12.3. The maximum absolute atomic E-state index is 12.3. The molecule has 0 heterocycles. The Morgan fingerprint density at radius 1 is 1.28 bits per heavy atom. The molecule has 0 unspecified atom stereocenters. The van der Waals surface area contributed by atoms with E-state index in [4.69, 9.17) is 28.5 Å². The van der Waals surface area contributed by atoms with E-state index in [0.717, 1.165) is 0 Å². The number of hydrogen-bond donors (Lipinski definition) is 0. The first-order chi connectivity index (χ1) is 8.41. The molecule has 0 spiro atoms. The third-order valence-electron chi connectivity index (χ3n) is 2.30. The number of halogens is 2. The molecule has 0 N–H and O–H groups in total. The summed E-state index contributed by atoms with van der Waals surface area (Å²) in [5.41, 5.74) is 0. The Kier molecular flexibility index (Phi) is 5.42. The molecule has 18 heavy (non-hydrogen) atoms. The molecule has 0 aromatic heterocycles. The smallest absolute Gasteiger partial charge is 0.207 e. The predicted octanol–water partition coefficient (Wildman–Crippen LogP) is 2.92. The van der Waals surface area contributed by atoms with Crippen molar-refractivity contribution in [3.63, 3.8) is 0 Å². The Morgan fingerprint density at radius 2 is 1.83 bits per heavy atom. The lowest BCUT2D eigenvalue weighted by molar-refractivity contribution is 0.435. The molecule has 0 aliphatic carbocycles. The number of benzene rings is 1. The van der Waals surface area contributed by atoms with Gasteiger partial charge in [-0.05, 0) is 18.2 Å². The summed E-state index contributed by atoms with van der Waals surface area (Å²) in [4.78, 5) is 0.0415. The van der Waals surface area contributed by atoms with Gasteiger partial charge in [0, 0.05) is 29.6 Å². The van der Waals surface area contributed by atoms with Crippen LogP contribution in [0.15, 0.2) is 23.1 Å². The van der Waals surface area contributed by atoms with Crippen molar-refractivity contribution in [1.29, 1.82) is 5.26 Å². The SMILES string of the molecule is CCN(CCC#N)S(=O)(=O)c1cc(Cl)cc(Cl)c1. The van der Waals surface area contributed by atoms with E-state index in [0.29, 0.717) is 0 Å². The topological polar surface area (TPSA) is 61.2 Å². The van der Waals surface area contributed by atoms with Crippen molar-refractivity contribution in [2.24, 2.45) is 0 Å². The minimum absolute atomic E-state index is 0.0415. The first kappa shape index (κ1) is 15.3. The molecule has 98 valence electrons. The van der Waals surface area contributed by atoms with Crippen LogP contribution in [0.25, 0.3) is 0 Å². The molecule has 0 saturated carbocycles. The van der Waals surface area contributed by atoms with Gasteiger partial charge < -0.3 is 0 Å². The minimum atomic E-state index is -3.66. The van der Waals surface area contributed by atoms with Crippen LogP contribution < -0.4 is 0 Å². The van der Waals surface area contributed by atoms with Crippen LogP contribution in [-0.4, -0.2) is 25.8 Å². The van der Waals surface area contributed by atoms with E-state index in [2.05, 4.69) is 0 Å². The molecule has 0 atom stereocenters. The molecule has 0 aliphatic rings. The molecule has 1 aromatic carbocycles. The fraction of sp³-hybridized carbons (Fsp3) is 0.364. The average molecular weight is 307 g/mol. The molecule has 7 heteroatoms. The van der Waals surface area contributed by atoms with Gasteiger partial charge in [-0.3, -0.25) is 0 Å². The third-order valence-corrected chi connectivity index (χ3v) is 4.69. The lowest BCUT2D eigenvalue weighted by Crippen LogP contribution is -2.31. The monoisotopic (exact) mass is 306 g/mol. The van der Waals surface area contributed by atoms with Crippen LogP contribution in [0.2, 0.25) is 10.0 Å². The van der Waals surface area contributed by atoms with E-state index in [-0.39, 0.29) is 34.5 Å². The average Bonchev–Trinajstić information content (AvgIpc) is 2.28. The summed E-state index contributed by atoms with van der Waals surface area (Å²) in [7, 11) is -3.66. The van der Waals surface area contributed by atoms with Gasteiger partial charge in [-0.1, -0.05) is 30.1 Å². The fourth-order valence-electron chi connectivity index (χ4n) is 1.45. The summed E-state index contributed by atoms with van der Waals surface area (Å²) in [5.74, 6) is 0. The van der Waals surface area contributed by atoms with Gasteiger partial charge in [-0.2, -0.15) is 9.57 Å². The number of nitrogens with zero attached hydrogens (tertiary/aromatic N) is 2. The van der Waals surface area contributed by atoms with E-state index in [1.165, 1.54) is 22.5 Å². The Hall–Kier alpha value is -0.800. The highest BCUT2D eigenvalue weighted by atomic mass is 35.5. The minimum Gasteiger partial charge on any atom is -0.207 e. The quantitative estimate of drug-likeness (QED) is 0.840. The summed E-state index contributed by atoms with van der Waals surface area (Å²) in [6.07, 6.45) is 0.140. The van der Waals surface area contributed by atoms with Crippen molar-refractivity contribution >= 4 is 33.2 Å². The number of sulfonamides is 1. The van der Waals surface area contributed by atoms with Crippen molar-refractivity contribution in [2.45, 2.75) is 18.2 Å². The molecular formula is C11H12Cl2N2O2S. The van der Waals surface area contributed by atoms with Crippen molar-refractivity contribution in [3.8, 4) is 6.07 Å². The molecule has 0 bridgehead atoms. The Morgan fingerprint density at radius 3 is 2.28 bits per heavy atom. The number of nitriles is 1. The van der Waals surface area contributed by atoms with Gasteiger partial charge in [0.25, 0.3) is 0 Å². The largest absolute Gasteiger partial charge is 0.243 e. The van der Waals surface area contributed by atoms with Gasteiger partial charge in [-0.15, -0.1) is 0 Å². The van der Waals surface area contributed by atoms with Crippen LogP contribution in [-0.2, 0) is 10.0 Å². The molecule has 1 rings (SSSR count). The highest BCUT2D eigenvalue weighted by Crippen LogP contribution is 2.24. The molecule has 0 fully saturated rings. The lowest BCUT2D eigenvalue weighted by Gasteiger charge is -2.19. The van der Waals surface area contributed by atoms with Crippen molar-refractivity contribution < 1.29 is 8.42 Å². The van der Waals surface area contributed by atoms with E-state index in [1.807, 2.05) is 6.07 Å². The molecule has 0 aliphatic heterocycles. The number of hydrogen-bond acceptors (Lipinski definition) is 3. The first-order valence-corrected chi connectivity index (χ1v) is 7.44. The zero-order valence-corrected chi connectivity index (χ0v) is 12.1. The zero-order valence-electron chi connectivity index (χ0n) is 9.73. The second-order valence-corrected chi connectivity index (χ2v) is 6.32. The predicted molar refractivity (Wildman–Crippen MR) is 71.1 cm³/mol. The van der Waals surface area contributed by atoms with Crippen LogP contribution in [0.1, 0.15) is 13.3 Å². The van der Waals surface area contributed by atoms with Gasteiger partial charge in [0.1, 0.15) is 0 Å². The van der Waals surface area contributed by atoms with Crippen LogP contribution in [0.3, 0.4) is 0 Å². The van der Waals surface area contributed by atoms with Gasteiger partial charge >= 0.3 is 0 Å². The third kappa shape index (κ3) is 3.59. The number of rotatable bonds is 5. The standard InChI is InChI=1S/C11H12Cl2N2O2S/c1-2-15(5-3-4-14)18(16,17)11-7-9(12)6-10(13)8-11/h6-8H,2-3,5H2,1H3. The summed E-state index contributed by atoms with van der Waals surface area (Å²) in [6, 6.07) is 6.08. The van der Waals surface area contributed by atoms with Gasteiger partial charge in [-0.25, -0.2) is 8.42 Å². The molecule has 4 nitrogen and oxygen atoms in total. The Balaban J connectivity index is 3.15. The van der Waals surface area contributed by atoms with Crippen LogP contribution in [0.5, 0.6) is 0 Å². The summed E-state index contributed by atoms with van der Waals surface area (Å²) in [6.45, 7) is 2.15. The van der Waals surface area contributed by atoms with Crippen LogP contribution in [0.4, 0.5) is 0 Å². The van der Waals surface area contributed by atoms with Crippen molar-refractivity contribution in [3.05, 3.63) is 28.2 Å². The molecule has 0 saturated heterocycles. The molecule has 0 amide bonds. The maximum Gasteiger partial charge on any atom is 0.243 e. The Labute approximate surface area is 117 Å². The summed E-state index contributed by atoms with van der Waals surface area (Å²) >= 11 is 11.6. The Bertz CT molecular complexity index is 547.